The predicted molar refractivity (Wildman–Crippen MR) is 87.8 cm³/mol. The lowest BCUT2D eigenvalue weighted by Gasteiger charge is -2.36. The number of carbonyl (C=O) groups excluding carboxylic acids is 1. The molecule has 0 atom stereocenters. The highest BCUT2D eigenvalue weighted by atomic mass is 32.2. The topological polar surface area (TPSA) is 36.4 Å². The Kier molecular flexibility index (Phi) is 4.68. The molecular weight excluding hydrogens is 282 g/mol. The van der Waals surface area contributed by atoms with Crippen LogP contribution in [0.3, 0.4) is 0 Å². The van der Waals surface area contributed by atoms with Crippen molar-refractivity contribution in [1.29, 1.82) is 0 Å². The minimum atomic E-state index is 0.312. The number of thioether (sulfide) groups is 1. The highest BCUT2D eigenvalue weighted by Gasteiger charge is 2.24. The maximum atomic E-state index is 12.2. The fourth-order valence-electron chi connectivity index (χ4n) is 2.71. The summed E-state index contributed by atoms with van der Waals surface area (Å²) < 4.78 is 0. The Labute approximate surface area is 130 Å². The fraction of sp³-hybridized carbons (Fsp3) is 0.625. The van der Waals surface area contributed by atoms with Gasteiger partial charge in [-0.3, -0.25) is 9.78 Å². The number of aromatic nitrogens is 1. The largest absolute Gasteiger partial charge is 0.368 e. The van der Waals surface area contributed by atoms with Gasteiger partial charge in [0.2, 0.25) is 5.91 Å². The number of nitrogens with zero attached hydrogens (tertiary/aromatic N) is 3. The molecule has 3 rings (SSSR count). The van der Waals surface area contributed by atoms with Crippen molar-refractivity contribution in [2.75, 3.05) is 42.6 Å². The van der Waals surface area contributed by atoms with Gasteiger partial charge in [-0.15, -0.1) is 0 Å². The number of rotatable bonds is 5. The molecule has 1 aromatic heterocycles. The van der Waals surface area contributed by atoms with Crippen LogP contribution in [0.15, 0.2) is 18.5 Å². The first-order valence-corrected chi connectivity index (χ1v) is 8.90. The van der Waals surface area contributed by atoms with Crippen LogP contribution in [0.1, 0.15) is 18.4 Å². The average Bonchev–Trinajstić information content (AvgIpc) is 3.32. The van der Waals surface area contributed by atoms with E-state index in [1.54, 1.807) is 0 Å². The minimum Gasteiger partial charge on any atom is -0.368 e. The second-order valence-corrected chi connectivity index (χ2v) is 7.02. The van der Waals surface area contributed by atoms with Gasteiger partial charge in [-0.05, 0) is 43.1 Å². The van der Waals surface area contributed by atoms with E-state index in [4.69, 9.17) is 0 Å². The van der Waals surface area contributed by atoms with Crippen molar-refractivity contribution in [3.05, 3.63) is 24.0 Å². The molecule has 1 aliphatic carbocycles. The molecule has 2 heterocycles. The van der Waals surface area contributed by atoms with Crippen molar-refractivity contribution in [1.82, 2.24) is 9.88 Å². The lowest BCUT2D eigenvalue weighted by Crippen LogP contribution is -2.49. The Balaban J connectivity index is 1.45. The summed E-state index contributed by atoms with van der Waals surface area (Å²) in [5, 5.41) is 0. The summed E-state index contributed by atoms with van der Waals surface area (Å²) >= 11 is 1.81. The fourth-order valence-corrected chi connectivity index (χ4v) is 3.85. The number of piperazine rings is 1. The Morgan fingerprint density at radius 2 is 2.10 bits per heavy atom. The standard InChI is InChI=1S/C16H23N3OS/c1-13-10-17-5-4-15(13)18-6-8-19(9-7-18)16(20)12-21-11-14-2-3-14/h4-5,10,14H,2-3,6-9,11-12H2,1H3. The Hall–Kier alpha value is -1.23. The van der Waals surface area contributed by atoms with Crippen LogP contribution in [0, 0.1) is 12.8 Å². The van der Waals surface area contributed by atoms with E-state index in [-0.39, 0.29) is 0 Å². The summed E-state index contributed by atoms with van der Waals surface area (Å²) in [6.07, 6.45) is 6.48. The summed E-state index contributed by atoms with van der Waals surface area (Å²) in [6.45, 7) is 5.61. The lowest BCUT2D eigenvalue weighted by molar-refractivity contribution is -0.128. The van der Waals surface area contributed by atoms with E-state index >= 15 is 0 Å². The quantitative estimate of drug-likeness (QED) is 0.835. The monoisotopic (exact) mass is 305 g/mol. The number of hydrogen-bond donors (Lipinski definition) is 0. The van der Waals surface area contributed by atoms with Crippen molar-refractivity contribution in [3.63, 3.8) is 0 Å². The summed E-state index contributed by atoms with van der Waals surface area (Å²) in [4.78, 5) is 20.7. The molecule has 0 aromatic carbocycles. The molecule has 2 fully saturated rings. The molecule has 1 aromatic rings. The van der Waals surface area contributed by atoms with Gasteiger partial charge in [0.05, 0.1) is 5.75 Å². The molecule has 0 N–H and O–H groups in total. The first-order valence-electron chi connectivity index (χ1n) is 7.75. The highest BCUT2D eigenvalue weighted by molar-refractivity contribution is 7.99. The number of amides is 1. The van der Waals surface area contributed by atoms with Crippen LogP contribution in [0.25, 0.3) is 0 Å². The SMILES string of the molecule is Cc1cnccc1N1CCN(C(=O)CSCC2CC2)CC1. The van der Waals surface area contributed by atoms with Crippen molar-refractivity contribution in [3.8, 4) is 0 Å². The summed E-state index contributed by atoms with van der Waals surface area (Å²) in [5.74, 6) is 3.04. The molecule has 0 unspecified atom stereocenters. The zero-order chi connectivity index (χ0) is 14.7. The molecule has 0 radical (unpaired) electrons. The molecule has 4 nitrogen and oxygen atoms in total. The molecule has 114 valence electrons. The van der Waals surface area contributed by atoms with E-state index in [1.807, 2.05) is 29.1 Å². The number of carbonyl (C=O) groups is 1. The molecule has 1 amide bonds. The summed E-state index contributed by atoms with van der Waals surface area (Å²) in [5.41, 5.74) is 2.46. The van der Waals surface area contributed by atoms with Crippen LogP contribution in [-0.2, 0) is 4.79 Å². The second-order valence-electron chi connectivity index (χ2n) is 5.99. The lowest BCUT2D eigenvalue weighted by atomic mass is 10.2. The average molecular weight is 305 g/mol. The molecule has 0 bridgehead atoms. The van der Waals surface area contributed by atoms with Gasteiger partial charge < -0.3 is 9.80 Å². The first kappa shape index (κ1) is 14.7. The minimum absolute atomic E-state index is 0.312. The van der Waals surface area contributed by atoms with E-state index < -0.39 is 0 Å². The van der Waals surface area contributed by atoms with Gasteiger partial charge in [0, 0.05) is 44.3 Å². The third-order valence-electron chi connectivity index (χ3n) is 4.24. The third kappa shape index (κ3) is 3.90. The number of hydrogen-bond acceptors (Lipinski definition) is 4. The molecular formula is C16H23N3OS. The van der Waals surface area contributed by atoms with Gasteiger partial charge >= 0.3 is 0 Å². The van der Waals surface area contributed by atoms with E-state index in [9.17, 15) is 4.79 Å². The van der Waals surface area contributed by atoms with Gasteiger partial charge in [-0.25, -0.2) is 0 Å². The van der Waals surface area contributed by atoms with Gasteiger partial charge in [0.1, 0.15) is 0 Å². The first-order chi connectivity index (χ1) is 10.2. The number of anilines is 1. The van der Waals surface area contributed by atoms with E-state index in [0.717, 1.165) is 32.1 Å². The Morgan fingerprint density at radius 3 is 2.76 bits per heavy atom. The van der Waals surface area contributed by atoms with E-state index in [1.165, 1.54) is 29.8 Å². The van der Waals surface area contributed by atoms with Gasteiger partial charge in [0.15, 0.2) is 0 Å². The van der Waals surface area contributed by atoms with Gasteiger partial charge in [0.25, 0.3) is 0 Å². The highest BCUT2D eigenvalue weighted by Crippen LogP contribution is 2.32. The predicted octanol–water partition coefficient (Wildman–Crippen LogP) is 2.18. The van der Waals surface area contributed by atoms with Crippen molar-refractivity contribution < 1.29 is 4.79 Å². The van der Waals surface area contributed by atoms with Gasteiger partial charge in [-0.1, -0.05) is 0 Å². The summed E-state index contributed by atoms with van der Waals surface area (Å²) in [6, 6.07) is 2.07. The molecule has 1 aliphatic heterocycles. The molecule has 5 heteroatoms. The van der Waals surface area contributed by atoms with Crippen LogP contribution in [0.5, 0.6) is 0 Å². The van der Waals surface area contributed by atoms with Crippen LogP contribution in [-0.4, -0.2) is 53.5 Å². The number of pyridine rings is 1. The molecule has 0 spiro atoms. The van der Waals surface area contributed by atoms with Crippen LogP contribution < -0.4 is 4.90 Å². The smallest absolute Gasteiger partial charge is 0.232 e. The van der Waals surface area contributed by atoms with Crippen molar-refractivity contribution in [2.45, 2.75) is 19.8 Å². The molecule has 1 saturated carbocycles. The van der Waals surface area contributed by atoms with Crippen molar-refractivity contribution in [2.24, 2.45) is 5.92 Å². The van der Waals surface area contributed by atoms with Gasteiger partial charge in [-0.2, -0.15) is 11.8 Å². The molecule has 1 saturated heterocycles. The Bertz CT molecular complexity index is 496. The van der Waals surface area contributed by atoms with Crippen LogP contribution in [0.4, 0.5) is 5.69 Å². The van der Waals surface area contributed by atoms with Crippen molar-refractivity contribution >= 4 is 23.4 Å². The third-order valence-corrected chi connectivity index (χ3v) is 5.40. The zero-order valence-corrected chi connectivity index (χ0v) is 13.4. The van der Waals surface area contributed by atoms with E-state index in [0.29, 0.717) is 11.7 Å². The maximum absolute atomic E-state index is 12.2. The Morgan fingerprint density at radius 1 is 1.33 bits per heavy atom. The van der Waals surface area contributed by atoms with Crippen LogP contribution in [0.2, 0.25) is 0 Å². The molecule has 21 heavy (non-hydrogen) atoms. The summed E-state index contributed by atoms with van der Waals surface area (Å²) in [7, 11) is 0. The maximum Gasteiger partial charge on any atom is 0.232 e. The number of aryl methyl sites for hydroxylation is 1. The molecule has 2 aliphatic rings. The zero-order valence-electron chi connectivity index (χ0n) is 12.6. The van der Waals surface area contributed by atoms with E-state index in [2.05, 4.69) is 22.9 Å². The van der Waals surface area contributed by atoms with Crippen LogP contribution >= 0.6 is 11.8 Å². The normalized spacial score (nSPS) is 18.9. The second kappa shape index (κ2) is 6.69.